The average molecular weight is 421 g/mol. The van der Waals surface area contributed by atoms with Crippen molar-refractivity contribution in [3.63, 3.8) is 0 Å². The van der Waals surface area contributed by atoms with Gasteiger partial charge in [0.1, 0.15) is 0 Å². The van der Waals surface area contributed by atoms with Crippen LogP contribution in [0.2, 0.25) is 0 Å². The Morgan fingerprint density at radius 3 is 2.18 bits per heavy atom. The molecule has 22 heavy (non-hydrogen) atoms. The molecule has 0 fully saturated rings. The number of unbranched alkanes of at least 4 members (excludes halogenated alkanes) is 7. The first-order chi connectivity index (χ1) is 10.7. The highest BCUT2D eigenvalue weighted by molar-refractivity contribution is 14.1. The van der Waals surface area contributed by atoms with Crippen LogP contribution in [-0.4, -0.2) is 25.0 Å². The zero-order valence-electron chi connectivity index (χ0n) is 13.6. The molecule has 0 radical (unpaired) electrons. The SMILES string of the molecule is CCCOC(=O)CCCCCCCCCCNC(=O)C#CI. The maximum atomic E-state index is 11.3. The quantitative estimate of drug-likeness (QED) is 0.212. The molecule has 5 heteroatoms. The van der Waals surface area contributed by atoms with Crippen molar-refractivity contribution in [1.82, 2.24) is 5.32 Å². The van der Waals surface area contributed by atoms with E-state index in [4.69, 9.17) is 4.74 Å². The monoisotopic (exact) mass is 421 g/mol. The summed E-state index contributed by atoms with van der Waals surface area (Å²) in [7, 11) is 0. The van der Waals surface area contributed by atoms with Crippen molar-refractivity contribution >= 4 is 34.5 Å². The summed E-state index contributed by atoms with van der Waals surface area (Å²) < 4.78 is 7.58. The molecule has 0 saturated heterocycles. The summed E-state index contributed by atoms with van der Waals surface area (Å²) in [6, 6.07) is 0. The van der Waals surface area contributed by atoms with Crippen molar-refractivity contribution < 1.29 is 14.3 Å². The number of rotatable bonds is 13. The molecule has 0 aromatic heterocycles. The molecule has 0 heterocycles. The molecule has 0 atom stereocenters. The number of esters is 1. The van der Waals surface area contributed by atoms with E-state index in [1.807, 2.05) is 29.5 Å². The molecule has 1 amide bonds. The second-order valence-corrected chi connectivity index (χ2v) is 5.81. The number of carbonyl (C=O) groups excluding carboxylic acids is 2. The van der Waals surface area contributed by atoms with Gasteiger partial charge in [0.15, 0.2) is 0 Å². The van der Waals surface area contributed by atoms with Gasteiger partial charge in [0.2, 0.25) is 0 Å². The van der Waals surface area contributed by atoms with Crippen LogP contribution in [0.3, 0.4) is 0 Å². The fourth-order valence-electron chi connectivity index (χ4n) is 2.03. The van der Waals surface area contributed by atoms with Crippen LogP contribution in [0.5, 0.6) is 0 Å². The summed E-state index contributed by atoms with van der Waals surface area (Å²) in [6.45, 7) is 3.26. The molecule has 0 saturated carbocycles. The topological polar surface area (TPSA) is 55.4 Å². The first-order valence-electron chi connectivity index (χ1n) is 8.25. The van der Waals surface area contributed by atoms with Gasteiger partial charge in [-0.3, -0.25) is 9.59 Å². The molecule has 0 rings (SSSR count). The van der Waals surface area contributed by atoms with Crippen LogP contribution in [0, 0.1) is 9.85 Å². The zero-order valence-corrected chi connectivity index (χ0v) is 15.7. The van der Waals surface area contributed by atoms with Crippen molar-refractivity contribution in [1.29, 1.82) is 0 Å². The molecule has 1 N–H and O–H groups in total. The molecule has 0 aromatic carbocycles. The van der Waals surface area contributed by atoms with E-state index in [1.54, 1.807) is 0 Å². The molecule has 0 aliphatic carbocycles. The number of nitrogens with one attached hydrogen (secondary N) is 1. The number of carbonyl (C=O) groups is 2. The van der Waals surface area contributed by atoms with Gasteiger partial charge in [0.05, 0.1) is 6.61 Å². The van der Waals surface area contributed by atoms with Crippen molar-refractivity contribution in [2.75, 3.05) is 13.2 Å². The van der Waals surface area contributed by atoms with Gasteiger partial charge in [-0.15, -0.1) is 0 Å². The van der Waals surface area contributed by atoms with Gasteiger partial charge in [0.25, 0.3) is 5.91 Å². The molecular weight excluding hydrogens is 393 g/mol. The lowest BCUT2D eigenvalue weighted by Gasteiger charge is -2.04. The predicted octanol–water partition coefficient (Wildman–Crippen LogP) is 3.96. The minimum Gasteiger partial charge on any atom is -0.466 e. The van der Waals surface area contributed by atoms with Crippen LogP contribution in [0.1, 0.15) is 71.1 Å². The number of amides is 1. The molecule has 126 valence electrons. The molecule has 0 aromatic rings. The lowest BCUT2D eigenvalue weighted by atomic mass is 10.1. The molecule has 0 aliphatic heterocycles. The minimum atomic E-state index is -0.188. The van der Waals surface area contributed by atoms with Crippen LogP contribution in [0.4, 0.5) is 0 Å². The van der Waals surface area contributed by atoms with Crippen LogP contribution >= 0.6 is 22.6 Å². The summed E-state index contributed by atoms with van der Waals surface area (Å²) in [6.07, 6.45) is 10.5. The van der Waals surface area contributed by atoms with E-state index < -0.39 is 0 Å². The molecule has 4 nitrogen and oxygen atoms in total. The van der Waals surface area contributed by atoms with Gasteiger partial charge in [-0.05, 0) is 23.2 Å². The van der Waals surface area contributed by atoms with E-state index in [9.17, 15) is 9.59 Å². The van der Waals surface area contributed by atoms with E-state index >= 15 is 0 Å². The average Bonchev–Trinajstić information content (AvgIpc) is 2.50. The Balaban J connectivity index is 3.18. The van der Waals surface area contributed by atoms with Gasteiger partial charge < -0.3 is 10.1 Å². The maximum Gasteiger partial charge on any atom is 0.305 e. The van der Waals surface area contributed by atoms with E-state index in [0.29, 0.717) is 19.6 Å². The third-order valence-electron chi connectivity index (χ3n) is 3.22. The zero-order chi connectivity index (χ0) is 16.5. The van der Waals surface area contributed by atoms with Crippen molar-refractivity contribution in [2.45, 2.75) is 71.1 Å². The van der Waals surface area contributed by atoms with Gasteiger partial charge in [-0.25, -0.2) is 0 Å². The van der Waals surface area contributed by atoms with Gasteiger partial charge in [-0.1, -0.05) is 45.4 Å². The third kappa shape index (κ3) is 15.6. The summed E-state index contributed by atoms with van der Waals surface area (Å²) in [5.74, 6) is 2.20. The first kappa shape index (κ1) is 21.2. The largest absolute Gasteiger partial charge is 0.466 e. The van der Waals surface area contributed by atoms with Gasteiger partial charge >= 0.3 is 5.97 Å². The Hall–Kier alpha value is -0.770. The highest BCUT2D eigenvalue weighted by Crippen LogP contribution is 2.10. The number of halogens is 1. The van der Waals surface area contributed by atoms with E-state index in [-0.39, 0.29) is 11.9 Å². The Morgan fingerprint density at radius 2 is 1.59 bits per heavy atom. The lowest BCUT2D eigenvalue weighted by Crippen LogP contribution is -2.22. The fraction of sp³-hybridized carbons (Fsp3) is 0.765. The second-order valence-electron chi connectivity index (χ2n) is 5.27. The Bertz CT molecular complexity index is 361. The summed E-state index contributed by atoms with van der Waals surface area (Å²) >= 11 is 1.86. The normalized spacial score (nSPS) is 9.73. The highest BCUT2D eigenvalue weighted by Gasteiger charge is 2.01. The number of ether oxygens (including phenoxy) is 1. The van der Waals surface area contributed by atoms with Crippen molar-refractivity contribution in [2.24, 2.45) is 0 Å². The number of hydrogen-bond donors (Lipinski definition) is 1. The van der Waals surface area contributed by atoms with Crippen molar-refractivity contribution in [3.8, 4) is 9.85 Å². The Labute approximate surface area is 148 Å². The van der Waals surface area contributed by atoms with E-state index in [1.165, 1.54) is 25.7 Å². The summed E-state index contributed by atoms with van der Waals surface area (Å²) in [5, 5.41) is 2.77. The molecule has 0 unspecified atom stereocenters. The highest BCUT2D eigenvalue weighted by atomic mass is 127. The lowest BCUT2D eigenvalue weighted by molar-refractivity contribution is -0.143. The minimum absolute atomic E-state index is 0.0591. The van der Waals surface area contributed by atoms with Crippen molar-refractivity contribution in [3.05, 3.63) is 0 Å². The van der Waals surface area contributed by atoms with Gasteiger partial charge in [0, 0.05) is 41.5 Å². The summed E-state index contributed by atoms with van der Waals surface area (Å²) in [4.78, 5) is 22.3. The third-order valence-corrected chi connectivity index (χ3v) is 3.49. The van der Waals surface area contributed by atoms with Crippen LogP contribution < -0.4 is 5.32 Å². The molecular formula is C17H28INO3. The van der Waals surface area contributed by atoms with Crippen LogP contribution in [0.15, 0.2) is 0 Å². The molecule has 0 spiro atoms. The fourth-order valence-corrected chi connectivity index (χ4v) is 2.28. The predicted molar refractivity (Wildman–Crippen MR) is 97.6 cm³/mol. The second kappa shape index (κ2) is 16.6. The van der Waals surface area contributed by atoms with E-state index in [0.717, 1.165) is 32.1 Å². The molecule has 0 bridgehead atoms. The standard InChI is InChI=1S/C17H28INO3/c1-2-15-22-17(21)11-9-7-5-3-4-6-8-10-14-19-16(20)12-13-18/h2-11,14-15H2,1H3,(H,19,20). The van der Waals surface area contributed by atoms with Gasteiger partial charge in [-0.2, -0.15) is 0 Å². The van der Waals surface area contributed by atoms with Crippen LogP contribution in [-0.2, 0) is 14.3 Å². The number of hydrogen-bond acceptors (Lipinski definition) is 3. The smallest absolute Gasteiger partial charge is 0.305 e. The van der Waals surface area contributed by atoms with Crippen LogP contribution in [0.25, 0.3) is 0 Å². The maximum absolute atomic E-state index is 11.3. The molecule has 0 aliphatic rings. The Morgan fingerprint density at radius 1 is 1.00 bits per heavy atom. The first-order valence-corrected chi connectivity index (χ1v) is 9.33. The van der Waals surface area contributed by atoms with E-state index in [2.05, 4.69) is 15.2 Å². The Kier molecular flexibility index (Phi) is 16.0. The summed E-state index contributed by atoms with van der Waals surface area (Å²) in [5.41, 5.74) is 0.